The standard InChI is InChI=1S/C19H18F3NO2/c1-2-17(24)23-11-13-10-12-6-5-8-15(18(12)25-13)14-7-3-4-9-16(14)19(20,21)22/h3-9,13H,2,10-11H2,1H3,(H,23,24)/t13-/m1/s1. The van der Waals surface area contributed by atoms with E-state index in [0.717, 1.165) is 11.6 Å². The maximum absolute atomic E-state index is 13.3. The molecule has 1 heterocycles. The molecule has 2 aromatic carbocycles. The number of carbonyl (C=O) groups excluding carboxylic acids is 1. The molecule has 1 N–H and O–H groups in total. The maximum atomic E-state index is 13.3. The summed E-state index contributed by atoms with van der Waals surface area (Å²) in [6, 6.07) is 10.7. The largest absolute Gasteiger partial charge is 0.487 e. The Morgan fingerprint density at radius 3 is 2.60 bits per heavy atom. The van der Waals surface area contributed by atoms with E-state index in [1.54, 1.807) is 25.1 Å². The lowest BCUT2D eigenvalue weighted by molar-refractivity contribution is -0.137. The van der Waals surface area contributed by atoms with Gasteiger partial charge >= 0.3 is 6.18 Å². The molecule has 25 heavy (non-hydrogen) atoms. The zero-order chi connectivity index (χ0) is 18.0. The van der Waals surface area contributed by atoms with Gasteiger partial charge in [0.15, 0.2) is 0 Å². The van der Waals surface area contributed by atoms with Gasteiger partial charge in [-0.3, -0.25) is 4.79 Å². The number of alkyl halides is 3. The zero-order valence-electron chi connectivity index (χ0n) is 13.7. The van der Waals surface area contributed by atoms with Crippen LogP contribution in [0.3, 0.4) is 0 Å². The second-order valence-corrected chi connectivity index (χ2v) is 5.94. The van der Waals surface area contributed by atoms with E-state index in [2.05, 4.69) is 5.32 Å². The lowest BCUT2D eigenvalue weighted by Gasteiger charge is -2.16. The Morgan fingerprint density at radius 1 is 1.16 bits per heavy atom. The van der Waals surface area contributed by atoms with Crippen LogP contribution >= 0.6 is 0 Å². The van der Waals surface area contributed by atoms with E-state index in [4.69, 9.17) is 4.74 Å². The lowest BCUT2D eigenvalue weighted by Crippen LogP contribution is -2.33. The molecule has 0 aliphatic carbocycles. The smallest absolute Gasteiger partial charge is 0.417 e. The Morgan fingerprint density at radius 2 is 1.88 bits per heavy atom. The van der Waals surface area contributed by atoms with Gasteiger partial charge in [-0.15, -0.1) is 0 Å². The Kier molecular flexibility index (Phi) is 4.70. The highest BCUT2D eigenvalue weighted by molar-refractivity contribution is 5.77. The Labute approximate surface area is 143 Å². The number of hydrogen-bond donors (Lipinski definition) is 1. The first-order valence-electron chi connectivity index (χ1n) is 8.12. The quantitative estimate of drug-likeness (QED) is 0.898. The summed E-state index contributed by atoms with van der Waals surface area (Å²) < 4.78 is 45.8. The van der Waals surface area contributed by atoms with Crippen LogP contribution in [0.5, 0.6) is 5.75 Å². The second-order valence-electron chi connectivity index (χ2n) is 5.94. The second kappa shape index (κ2) is 6.78. The SMILES string of the molecule is CCC(=O)NC[C@H]1Cc2cccc(-c3ccccc3C(F)(F)F)c2O1. The number of ether oxygens (including phenoxy) is 1. The Hall–Kier alpha value is -2.50. The third-order valence-electron chi connectivity index (χ3n) is 4.20. The summed E-state index contributed by atoms with van der Waals surface area (Å²) in [6.07, 6.45) is -3.78. The van der Waals surface area contributed by atoms with Crippen LogP contribution in [-0.2, 0) is 17.4 Å². The number of benzene rings is 2. The minimum Gasteiger partial charge on any atom is -0.487 e. The first kappa shape index (κ1) is 17.3. The molecule has 0 fully saturated rings. The summed E-state index contributed by atoms with van der Waals surface area (Å²) in [5.41, 5.74) is 0.694. The fourth-order valence-corrected chi connectivity index (χ4v) is 2.98. The molecular weight excluding hydrogens is 331 g/mol. The summed E-state index contributed by atoms with van der Waals surface area (Å²) >= 11 is 0. The molecule has 0 unspecified atom stereocenters. The van der Waals surface area contributed by atoms with Crippen LogP contribution in [-0.4, -0.2) is 18.6 Å². The van der Waals surface area contributed by atoms with Crippen molar-refractivity contribution in [2.24, 2.45) is 0 Å². The van der Waals surface area contributed by atoms with Crippen LogP contribution in [0.1, 0.15) is 24.5 Å². The molecule has 0 spiro atoms. The van der Waals surface area contributed by atoms with Crippen molar-refractivity contribution in [2.45, 2.75) is 32.0 Å². The maximum Gasteiger partial charge on any atom is 0.417 e. The van der Waals surface area contributed by atoms with Crippen molar-refractivity contribution < 1.29 is 22.7 Å². The molecule has 0 bridgehead atoms. The predicted molar refractivity (Wildman–Crippen MR) is 88.3 cm³/mol. The monoisotopic (exact) mass is 349 g/mol. The Balaban J connectivity index is 1.91. The highest BCUT2D eigenvalue weighted by atomic mass is 19.4. The average molecular weight is 349 g/mol. The molecule has 0 saturated carbocycles. The van der Waals surface area contributed by atoms with E-state index in [1.807, 2.05) is 6.07 Å². The summed E-state index contributed by atoms with van der Waals surface area (Å²) in [5, 5.41) is 2.76. The number of fused-ring (bicyclic) bond motifs is 1. The molecule has 0 saturated heterocycles. The summed E-state index contributed by atoms with van der Waals surface area (Å²) in [6.45, 7) is 2.09. The topological polar surface area (TPSA) is 38.3 Å². The molecular formula is C19H18F3NO2. The number of nitrogens with one attached hydrogen (secondary N) is 1. The van der Waals surface area contributed by atoms with Crippen molar-refractivity contribution in [2.75, 3.05) is 6.54 Å². The van der Waals surface area contributed by atoms with Gasteiger partial charge < -0.3 is 10.1 Å². The molecule has 6 heteroatoms. The van der Waals surface area contributed by atoms with Gasteiger partial charge in [-0.05, 0) is 17.2 Å². The van der Waals surface area contributed by atoms with Crippen molar-refractivity contribution in [1.29, 1.82) is 0 Å². The number of halogens is 3. The van der Waals surface area contributed by atoms with Crippen molar-refractivity contribution in [3.05, 3.63) is 53.6 Å². The van der Waals surface area contributed by atoms with Gasteiger partial charge in [0.1, 0.15) is 11.9 Å². The number of amides is 1. The molecule has 0 aromatic heterocycles. The molecule has 1 atom stereocenters. The van der Waals surface area contributed by atoms with E-state index in [1.165, 1.54) is 12.1 Å². The van der Waals surface area contributed by atoms with Gasteiger partial charge in [-0.25, -0.2) is 0 Å². The highest BCUT2D eigenvalue weighted by Crippen LogP contribution is 2.43. The molecule has 2 aromatic rings. The zero-order valence-corrected chi connectivity index (χ0v) is 13.7. The summed E-state index contributed by atoms with van der Waals surface area (Å²) in [5.74, 6) is 0.386. The average Bonchev–Trinajstić information content (AvgIpc) is 3.02. The van der Waals surface area contributed by atoms with Crippen LogP contribution in [0.15, 0.2) is 42.5 Å². The van der Waals surface area contributed by atoms with Crippen molar-refractivity contribution in [3.63, 3.8) is 0 Å². The van der Waals surface area contributed by atoms with E-state index in [0.29, 0.717) is 30.7 Å². The first-order chi connectivity index (χ1) is 11.9. The van der Waals surface area contributed by atoms with Crippen molar-refractivity contribution >= 4 is 5.91 Å². The van der Waals surface area contributed by atoms with Crippen LogP contribution in [0.4, 0.5) is 13.2 Å². The molecule has 1 aliphatic heterocycles. The van der Waals surface area contributed by atoms with E-state index in [9.17, 15) is 18.0 Å². The van der Waals surface area contributed by atoms with E-state index >= 15 is 0 Å². The number of hydrogen-bond acceptors (Lipinski definition) is 2. The number of rotatable bonds is 4. The molecule has 1 amide bonds. The van der Waals surface area contributed by atoms with Crippen LogP contribution in [0, 0.1) is 0 Å². The molecule has 3 nitrogen and oxygen atoms in total. The fraction of sp³-hybridized carbons (Fsp3) is 0.316. The number of carbonyl (C=O) groups is 1. The molecule has 132 valence electrons. The molecule has 0 radical (unpaired) electrons. The molecule has 1 aliphatic rings. The Bertz CT molecular complexity index is 786. The third-order valence-corrected chi connectivity index (χ3v) is 4.20. The third kappa shape index (κ3) is 3.62. The minimum absolute atomic E-state index is 0.0813. The first-order valence-corrected chi connectivity index (χ1v) is 8.12. The molecule has 3 rings (SSSR count). The van der Waals surface area contributed by atoms with E-state index in [-0.39, 0.29) is 17.6 Å². The van der Waals surface area contributed by atoms with Gasteiger partial charge in [0, 0.05) is 18.4 Å². The lowest BCUT2D eigenvalue weighted by atomic mass is 9.96. The van der Waals surface area contributed by atoms with Crippen molar-refractivity contribution in [3.8, 4) is 16.9 Å². The normalized spacial score (nSPS) is 16.2. The van der Waals surface area contributed by atoms with Gasteiger partial charge in [0.05, 0.1) is 12.1 Å². The van der Waals surface area contributed by atoms with Gasteiger partial charge in [-0.2, -0.15) is 13.2 Å². The van der Waals surface area contributed by atoms with Gasteiger partial charge in [0.2, 0.25) is 5.91 Å². The number of para-hydroxylation sites is 1. The van der Waals surface area contributed by atoms with E-state index < -0.39 is 11.7 Å². The highest BCUT2D eigenvalue weighted by Gasteiger charge is 2.35. The van der Waals surface area contributed by atoms with Gasteiger partial charge in [0.25, 0.3) is 0 Å². The van der Waals surface area contributed by atoms with Crippen LogP contribution in [0.25, 0.3) is 11.1 Å². The van der Waals surface area contributed by atoms with Crippen LogP contribution < -0.4 is 10.1 Å². The summed E-state index contributed by atoms with van der Waals surface area (Å²) in [7, 11) is 0. The predicted octanol–water partition coefficient (Wildman–Crippen LogP) is 4.20. The fourth-order valence-electron chi connectivity index (χ4n) is 2.98. The van der Waals surface area contributed by atoms with Gasteiger partial charge in [-0.1, -0.05) is 43.3 Å². The minimum atomic E-state index is -4.44. The summed E-state index contributed by atoms with van der Waals surface area (Å²) in [4.78, 5) is 11.4. The van der Waals surface area contributed by atoms with Crippen LogP contribution in [0.2, 0.25) is 0 Å². The van der Waals surface area contributed by atoms with Crippen molar-refractivity contribution in [1.82, 2.24) is 5.32 Å².